The minimum absolute atomic E-state index is 0.0949. The molecule has 0 aliphatic heterocycles. The zero-order valence-electron chi connectivity index (χ0n) is 17.0. The van der Waals surface area contributed by atoms with Crippen LogP contribution in [0.5, 0.6) is 17.2 Å². The van der Waals surface area contributed by atoms with Crippen LogP contribution in [0.4, 0.5) is 0 Å². The standard InChI is InChI=1S/C25H22O5/c1-17-7-11-19(12-8-17)22(26)13-9-18-10-14-23(24(15-18)29-3)30-25(27)20-5-4-6-21(16-20)28-2/h4-16H,1-3H3. The fraction of sp³-hybridized carbons (Fsp3) is 0.120. The maximum absolute atomic E-state index is 12.4. The quantitative estimate of drug-likeness (QED) is 0.237. The number of aryl methyl sites for hydroxylation is 1. The number of hydrogen-bond donors (Lipinski definition) is 0. The van der Waals surface area contributed by atoms with Gasteiger partial charge in [0.2, 0.25) is 0 Å². The lowest BCUT2D eigenvalue weighted by atomic mass is 10.1. The first kappa shape index (κ1) is 20.9. The SMILES string of the molecule is COc1cccc(C(=O)Oc2ccc(C=CC(=O)c3ccc(C)cc3)cc2OC)c1. The molecule has 0 aliphatic rings. The van der Waals surface area contributed by atoms with E-state index in [4.69, 9.17) is 14.2 Å². The number of rotatable bonds is 7. The van der Waals surface area contributed by atoms with Crippen molar-refractivity contribution in [2.24, 2.45) is 0 Å². The molecule has 0 aromatic heterocycles. The average molecular weight is 402 g/mol. The van der Waals surface area contributed by atoms with Crippen molar-refractivity contribution < 1.29 is 23.8 Å². The summed E-state index contributed by atoms with van der Waals surface area (Å²) in [7, 11) is 3.02. The van der Waals surface area contributed by atoms with Crippen molar-refractivity contribution in [1.29, 1.82) is 0 Å². The summed E-state index contributed by atoms with van der Waals surface area (Å²) in [5, 5.41) is 0. The van der Waals surface area contributed by atoms with E-state index in [-0.39, 0.29) is 11.5 Å². The summed E-state index contributed by atoms with van der Waals surface area (Å²) in [5.74, 6) is 0.617. The van der Waals surface area contributed by atoms with Gasteiger partial charge in [-0.25, -0.2) is 4.79 Å². The first-order chi connectivity index (χ1) is 14.5. The smallest absolute Gasteiger partial charge is 0.343 e. The van der Waals surface area contributed by atoms with Gasteiger partial charge in [-0.1, -0.05) is 48.0 Å². The largest absolute Gasteiger partial charge is 0.497 e. The Morgan fingerprint density at radius 1 is 0.800 bits per heavy atom. The summed E-state index contributed by atoms with van der Waals surface area (Å²) in [5.41, 5.74) is 2.82. The Kier molecular flexibility index (Phi) is 6.65. The average Bonchev–Trinajstić information content (AvgIpc) is 2.78. The third-order valence-corrected chi connectivity index (χ3v) is 4.46. The molecule has 0 atom stereocenters. The Hall–Kier alpha value is -3.86. The number of carbonyl (C=O) groups is 2. The Labute approximate surface area is 175 Å². The number of methoxy groups -OCH3 is 2. The van der Waals surface area contributed by atoms with Gasteiger partial charge in [-0.2, -0.15) is 0 Å². The third-order valence-electron chi connectivity index (χ3n) is 4.46. The maximum atomic E-state index is 12.4. The molecule has 0 saturated carbocycles. The van der Waals surface area contributed by atoms with Crippen LogP contribution in [0.25, 0.3) is 6.08 Å². The van der Waals surface area contributed by atoms with Gasteiger partial charge < -0.3 is 14.2 Å². The summed E-state index contributed by atoms with van der Waals surface area (Å²) < 4.78 is 16.0. The van der Waals surface area contributed by atoms with Crippen molar-refractivity contribution in [2.75, 3.05) is 14.2 Å². The van der Waals surface area contributed by atoms with Crippen LogP contribution in [-0.4, -0.2) is 26.0 Å². The van der Waals surface area contributed by atoms with Gasteiger partial charge in [0.25, 0.3) is 0 Å². The van der Waals surface area contributed by atoms with Crippen molar-refractivity contribution in [3.05, 3.63) is 95.1 Å². The minimum Gasteiger partial charge on any atom is -0.497 e. The van der Waals surface area contributed by atoms with E-state index < -0.39 is 5.97 Å². The van der Waals surface area contributed by atoms with Gasteiger partial charge in [-0.15, -0.1) is 0 Å². The van der Waals surface area contributed by atoms with Crippen LogP contribution in [-0.2, 0) is 0 Å². The number of ether oxygens (including phenoxy) is 3. The second-order valence-electron chi connectivity index (χ2n) is 6.60. The molecule has 0 N–H and O–H groups in total. The number of carbonyl (C=O) groups excluding carboxylic acids is 2. The van der Waals surface area contributed by atoms with E-state index >= 15 is 0 Å². The van der Waals surface area contributed by atoms with Gasteiger partial charge in [0, 0.05) is 5.56 Å². The van der Waals surface area contributed by atoms with Crippen molar-refractivity contribution in [1.82, 2.24) is 0 Å². The fourth-order valence-electron chi connectivity index (χ4n) is 2.77. The lowest BCUT2D eigenvalue weighted by Gasteiger charge is -2.10. The molecule has 0 aliphatic carbocycles. The van der Waals surface area contributed by atoms with Crippen LogP contribution >= 0.6 is 0 Å². The predicted octanol–water partition coefficient (Wildman–Crippen LogP) is 5.13. The van der Waals surface area contributed by atoms with Crippen LogP contribution in [0.3, 0.4) is 0 Å². The Bertz CT molecular complexity index is 1080. The molecule has 0 radical (unpaired) electrons. The van der Waals surface area contributed by atoms with E-state index in [9.17, 15) is 9.59 Å². The molecule has 0 fully saturated rings. The number of benzene rings is 3. The molecular formula is C25H22O5. The highest BCUT2D eigenvalue weighted by Crippen LogP contribution is 2.29. The molecule has 0 spiro atoms. The van der Waals surface area contributed by atoms with Crippen LogP contribution in [0, 0.1) is 6.92 Å². The molecule has 3 rings (SSSR count). The first-order valence-corrected chi connectivity index (χ1v) is 9.33. The van der Waals surface area contributed by atoms with Crippen molar-refractivity contribution in [2.45, 2.75) is 6.92 Å². The molecule has 152 valence electrons. The monoisotopic (exact) mass is 402 g/mol. The Morgan fingerprint density at radius 2 is 1.57 bits per heavy atom. The molecule has 0 bridgehead atoms. The molecule has 5 nitrogen and oxygen atoms in total. The maximum Gasteiger partial charge on any atom is 0.343 e. The van der Waals surface area contributed by atoms with Gasteiger partial charge in [-0.3, -0.25) is 4.79 Å². The van der Waals surface area contributed by atoms with Crippen LogP contribution in [0.15, 0.2) is 72.8 Å². The molecule has 3 aromatic rings. The Morgan fingerprint density at radius 3 is 2.27 bits per heavy atom. The van der Waals surface area contributed by atoms with Crippen molar-refractivity contribution in [3.8, 4) is 17.2 Å². The highest BCUT2D eigenvalue weighted by Gasteiger charge is 2.13. The summed E-state index contributed by atoms with van der Waals surface area (Å²) in [6.07, 6.45) is 3.19. The number of hydrogen-bond acceptors (Lipinski definition) is 5. The molecule has 30 heavy (non-hydrogen) atoms. The molecule has 5 heteroatoms. The second kappa shape index (κ2) is 9.56. The molecule has 0 amide bonds. The number of allylic oxidation sites excluding steroid dienone is 1. The van der Waals surface area contributed by atoms with Crippen molar-refractivity contribution >= 4 is 17.8 Å². The van der Waals surface area contributed by atoms with Crippen LogP contribution in [0.1, 0.15) is 31.8 Å². The summed E-state index contributed by atoms with van der Waals surface area (Å²) >= 11 is 0. The normalized spacial score (nSPS) is 10.6. The van der Waals surface area contributed by atoms with E-state index in [0.29, 0.717) is 22.6 Å². The van der Waals surface area contributed by atoms with Gasteiger partial charge in [0.05, 0.1) is 19.8 Å². The van der Waals surface area contributed by atoms with Crippen molar-refractivity contribution in [3.63, 3.8) is 0 Å². The molecule has 0 saturated heterocycles. The first-order valence-electron chi connectivity index (χ1n) is 9.33. The molecule has 3 aromatic carbocycles. The van der Waals surface area contributed by atoms with Gasteiger partial charge in [-0.05, 0) is 48.9 Å². The van der Waals surface area contributed by atoms with E-state index in [0.717, 1.165) is 11.1 Å². The predicted molar refractivity (Wildman–Crippen MR) is 115 cm³/mol. The van der Waals surface area contributed by atoms with E-state index in [1.54, 1.807) is 60.7 Å². The van der Waals surface area contributed by atoms with E-state index in [1.165, 1.54) is 20.3 Å². The lowest BCUT2D eigenvalue weighted by Crippen LogP contribution is -2.09. The van der Waals surface area contributed by atoms with Gasteiger partial charge in [0.1, 0.15) is 5.75 Å². The molecule has 0 heterocycles. The zero-order valence-corrected chi connectivity index (χ0v) is 17.0. The van der Waals surface area contributed by atoms with Crippen LogP contribution < -0.4 is 14.2 Å². The third kappa shape index (κ3) is 5.14. The van der Waals surface area contributed by atoms with Crippen LogP contribution in [0.2, 0.25) is 0 Å². The van der Waals surface area contributed by atoms with E-state index in [2.05, 4.69) is 0 Å². The highest BCUT2D eigenvalue weighted by molar-refractivity contribution is 6.06. The molecular weight excluding hydrogens is 380 g/mol. The van der Waals surface area contributed by atoms with Gasteiger partial charge in [0.15, 0.2) is 17.3 Å². The summed E-state index contributed by atoms with van der Waals surface area (Å²) in [4.78, 5) is 24.7. The topological polar surface area (TPSA) is 61.8 Å². The fourth-order valence-corrected chi connectivity index (χ4v) is 2.77. The summed E-state index contributed by atoms with van der Waals surface area (Å²) in [6, 6.07) is 19.2. The van der Waals surface area contributed by atoms with Gasteiger partial charge >= 0.3 is 5.97 Å². The summed E-state index contributed by atoms with van der Waals surface area (Å²) in [6.45, 7) is 1.97. The lowest BCUT2D eigenvalue weighted by molar-refractivity contribution is 0.0729. The number of ketones is 1. The second-order valence-corrected chi connectivity index (χ2v) is 6.60. The van der Waals surface area contributed by atoms with E-state index in [1.807, 2.05) is 19.1 Å². The minimum atomic E-state index is -0.523. The molecule has 0 unspecified atom stereocenters. The highest BCUT2D eigenvalue weighted by atomic mass is 16.6. The Balaban J connectivity index is 1.75. The number of esters is 1. The zero-order chi connectivity index (χ0) is 21.5.